The summed E-state index contributed by atoms with van der Waals surface area (Å²) in [6.45, 7) is 3.77. The van der Waals surface area contributed by atoms with E-state index in [-0.39, 0.29) is 0 Å². The van der Waals surface area contributed by atoms with Crippen LogP contribution >= 0.6 is 0 Å². The van der Waals surface area contributed by atoms with Gasteiger partial charge in [0.2, 0.25) is 0 Å². The Morgan fingerprint density at radius 1 is 1.47 bits per heavy atom. The standard InChI is InChI=1S/C11H18N4/c1-9-13-7-11(8-14-9)15-6-2-3-10(15)4-5-12/h7-8,10H,2-6,12H2,1H3. The molecule has 0 bridgehead atoms. The SMILES string of the molecule is Cc1ncc(N2CCCC2CCN)cn1. The zero-order valence-electron chi connectivity index (χ0n) is 9.19. The first-order valence-electron chi connectivity index (χ1n) is 5.56. The number of nitrogens with zero attached hydrogens (tertiary/aromatic N) is 3. The van der Waals surface area contributed by atoms with E-state index in [4.69, 9.17) is 5.73 Å². The number of anilines is 1. The van der Waals surface area contributed by atoms with Crippen LogP contribution in [-0.4, -0.2) is 29.1 Å². The zero-order chi connectivity index (χ0) is 10.7. The Labute approximate surface area is 90.5 Å². The van der Waals surface area contributed by atoms with E-state index in [9.17, 15) is 0 Å². The molecule has 1 aromatic heterocycles. The Morgan fingerprint density at radius 3 is 2.87 bits per heavy atom. The van der Waals surface area contributed by atoms with Crippen molar-refractivity contribution in [3.8, 4) is 0 Å². The lowest BCUT2D eigenvalue weighted by atomic mass is 10.1. The smallest absolute Gasteiger partial charge is 0.125 e. The first-order valence-corrected chi connectivity index (χ1v) is 5.56. The molecule has 15 heavy (non-hydrogen) atoms. The van der Waals surface area contributed by atoms with Crippen molar-refractivity contribution in [2.75, 3.05) is 18.0 Å². The second kappa shape index (κ2) is 4.57. The minimum atomic E-state index is 0.585. The molecule has 0 saturated carbocycles. The summed E-state index contributed by atoms with van der Waals surface area (Å²) in [5.41, 5.74) is 6.75. The van der Waals surface area contributed by atoms with Crippen LogP contribution < -0.4 is 10.6 Å². The van der Waals surface area contributed by atoms with Gasteiger partial charge in [-0.1, -0.05) is 0 Å². The average molecular weight is 206 g/mol. The first-order chi connectivity index (χ1) is 7.31. The summed E-state index contributed by atoms with van der Waals surface area (Å²) < 4.78 is 0. The third kappa shape index (κ3) is 2.26. The molecule has 1 unspecified atom stereocenters. The second-order valence-corrected chi connectivity index (χ2v) is 4.06. The molecule has 2 rings (SSSR count). The van der Waals surface area contributed by atoms with Crippen LogP contribution in [0.25, 0.3) is 0 Å². The predicted molar refractivity (Wildman–Crippen MR) is 60.8 cm³/mol. The maximum Gasteiger partial charge on any atom is 0.125 e. The van der Waals surface area contributed by atoms with E-state index in [2.05, 4.69) is 14.9 Å². The summed E-state index contributed by atoms with van der Waals surface area (Å²) in [7, 11) is 0. The second-order valence-electron chi connectivity index (χ2n) is 4.06. The van der Waals surface area contributed by atoms with Crippen molar-refractivity contribution in [1.29, 1.82) is 0 Å². The summed E-state index contributed by atoms with van der Waals surface area (Å²) in [5.74, 6) is 0.827. The average Bonchev–Trinajstić information content (AvgIpc) is 2.68. The number of aromatic nitrogens is 2. The molecule has 82 valence electrons. The van der Waals surface area contributed by atoms with Gasteiger partial charge in [0.15, 0.2) is 0 Å². The van der Waals surface area contributed by atoms with E-state index in [0.29, 0.717) is 6.04 Å². The van der Waals surface area contributed by atoms with Crippen LogP contribution in [0.5, 0.6) is 0 Å². The summed E-state index contributed by atoms with van der Waals surface area (Å²) in [6.07, 6.45) is 7.38. The van der Waals surface area contributed by atoms with Crippen molar-refractivity contribution in [2.45, 2.75) is 32.2 Å². The van der Waals surface area contributed by atoms with Crippen molar-refractivity contribution in [3.05, 3.63) is 18.2 Å². The number of hydrogen-bond donors (Lipinski definition) is 1. The summed E-state index contributed by atoms with van der Waals surface area (Å²) >= 11 is 0. The number of hydrogen-bond acceptors (Lipinski definition) is 4. The van der Waals surface area contributed by atoms with Crippen LogP contribution in [0.4, 0.5) is 5.69 Å². The molecule has 0 amide bonds. The van der Waals surface area contributed by atoms with E-state index >= 15 is 0 Å². The summed E-state index contributed by atoms with van der Waals surface area (Å²) in [4.78, 5) is 10.8. The molecule has 0 radical (unpaired) electrons. The van der Waals surface area contributed by atoms with Crippen molar-refractivity contribution < 1.29 is 0 Å². The first kappa shape index (κ1) is 10.4. The molecular weight excluding hydrogens is 188 g/mol. The van der Waals surface area contributed by atoms with Gasteiger partial charge in [-0.15, -0.1) is 0 Å². The van der Waals surface area contributed by atoms with Gasteiger partial charge in [0, 0.05) is 12.6 Å². The highest BCUT2D eigenvalue weighted by atomic mass is 15.2. The van der Waals surface area contributed by atoms with Crippen LogP contribution in [0.3, 0.4) is 0 Å². The molecule has 1 saturated heterocycles. The van der Waals surface area contributed by atoms with Crippen LogP contribution in [0.15, 0.2) is 12.4 Å². The highest BCUT2D eigenvalue weighted by Gasteiger charge is 2.24. The number of rotatable bonds is 3. The van der Waals surface area contributed by atoms with Gasteiger partial charge < -0.3 is 10.6 Å². The Balaban J connectivity index is 2.11. The van der Waals surface area contributed by atoms with Crippen LogP contribution in [0, 0.1) is 6.92 Å². The molecule has 2 N–H and O–H groups in total. The lowest BCUT2D eigenvalue weighted by molar-refractivity contribution is 0.617. The van der Waals surface area contributed by atoms with Crippen LogP contribution in [-0.2, 0) is 0 Å². The fourth-order valence-electron chi connectivity index (χ4n) is 2.20. The third-order valence-electron chi connectivity index (χ3n) is 2.98. The predicted octanol–water partition coefficient (Wildman–Crippen LogP) is 1.10. The molecule has 1 fully saturated rings. The Hall–Kier alpha value is -1.16. The Bertz CT molecular complexity index is 309. The maximum absolute atomic E-state index is 5.61. The molecule has 4 nitrogen and oxygen atoms in total. The molecule has 2 heterocycles. The molecule has 1 aliphatic rings. The molecule has 0 aromatic carbocycles. The van der Waals surface area contributed by atoms with Crippen LogP contribution in [0.1, 0.15) is 25.1 Å². The molecule has 4 heteroatoms. The van der Waals surface area contributed by atoms with Crippen molar-refractivity contribution in [3.63, 3.8) is 0 Å². The molecule has 1 atom stereocenters. The van der Waals surface area contributed by atoms with Gasteiger partial charge in [0.1, 0.15) is 5.82 Å². The zero-order valence-corrected chi connectivity index (χ0v) is 9.19. The highest BCUT2D eigenvalue weighted by molar-refractivity contribution is 5.44. The molecular formula is C11H18N4. The number of aryl methyl sites for hydroxylation is 1. The van der Waals surface area contributed by atoms with E-state index < -0.39 is 0 Å². The van der Waals surface area contributed by atoms with Crippen molar-refractivity contribution >= 4 is 5.69 Å². The van der Waals surface area contributed by atoms with Gasteiger partial charge in [0.25, 0.3) is 0 Å². The maximum atomic E-state index is 5.61. The van der Waals surface area contributed by atoms with Crippen molar-refractivity contribution in [1.82, 2.24) is 9.97 Å². The van der Waals surface area contributed by atoms with E-state index in [1.807, 2.05) is 19.3 Å². The molecule has 0 aliphatic carbocycles. The fourth-order valence-corrected chi connectivity index (χ4v) is 2.20. The quantitative estimate of drug-likeness (QED) is 0.804. The highest BCUT2D eigenvalue weighted by Crippen LogP contribution is 2.25. The fraction of sp³-hybridized carbons (Fsp3) is 0.636. The van der Waals surface area contributed by atoms with Gasteiger partial charge in [0.05, 0.1) is 18.1 Å². The topological polar surface area (TPSA) is 55.0 Å². The normalized spacial score (nSPS) is 20.9. The lowest BCUT2D eigenvalue weighted by Crippen LogP contribution is -2.31. The van der Waals surface area contributed by atoms with E-state index in [0.717, 1.165) is 31.0 Å². The minimum Gasteiger partial charge on any atom is -0.366 e. The molecule has 1 aliphatic heterocycles. The van der Waals surface area contributed by atoms with Crippen molar-refractivity contribution in [2.24, 2.45) is 5.73 Å². The number of nitrogens with two attached hydrogens (primary N) is 1. The van der Waals surface area contributed by atoms with Gasteiger partial charge in [-0.05, 0) is 32.7 Å². The summed E-state index contributed by atoms with van der Waals surface area (Å²) in [6, 6.07) is 0.585. The van der Waals surface area contributed by atoms with Gasteiger partial charge in [-0.3, -0.25) is 0 Å². The van der Waals surface area contributed by atoms with E-state index in [1.165, 1.54) is 12.8 Å². The molecule has 1 aromatic rings. The van der Waals surface area contributed by atoms with E-state index in [1.54, 1.807) is 0 Å². The Kier molecular flexibility index (Phi) is 3.16. The van der Waals surface area contributed by atoms with Gasteiger partial charge in [-0.2, -0.15) is 0 Å². The van der Waals surface area contributed by atoms with Gasteiger partial charge in [-0.25, -0.2) is 9.97 Å². The van der Waals surface area contributed by atoms with Gasteiger partial charge >= 0.3 is 0 Å². The largest absolute Gasteiger partial charge is 0.366 e. The van der Waals surface area contributed by atoms with Crippen LogP contribution in [0.2, 0.25) is 0 Å². The summed E-state index contributed by atoms with van der Waals surface area (Å²) in [5, 5.41) is 0. The monoisotopic (exact) mass is 206 g/mol. The minimum absolute atomic E-state index is 0.585. The third-order valence-corrected chi connectivity index (χ3v) is 2.98. The lowest BCUT2D eigenvalue weighted by Gasteiger charge is -2.25. The Morgan fingerprint density at radius 2 is 2.20 bits per heavy atom. The molecule has 0 spiro atoms.